The lowest BCUT2D eigenvalue weighted by molar-refractivity contribution is 0.0786. The van der Waals surface area contributed by atoms with Crippen LogP contribution in [0.25, 0.3) is 0 Å². The summed E-state index contributed by atoms with van der Waals surface area (Å²) in [6.45, 7) is 5.99. The Kier molecular flexibility index (Phi) is 2.99. The highest BCUT2D eigenvalue weighted by Crippen LogP contribution is 2.17. The molecule has 4 heteroatoms. The smallest absolute Gasteiger partial charge is 0.274 e. The van der Waals surface area contributed by atoms with E-state index >= 15 is 0 Å². The van der Waals surface area contributed by atoms with Crippen molar-refractivity contribution in [3.8, 4) is 0 Å². The van der Waals surface area contributed by atoms with Crippen molar-refractivity contribution >= 4 is 5.91 Å². The molecule has 0 N–H and O–H groups in total. The molecule has 0 bridgehead atoms. The zero-order valence-corrected chi connectivity index (χ0v) is 10.2. The van der Waals surface area contributed by atoms with Gasteiger partial charge in [0.1, 0.15) is 0 Å². The van der Waals surface area contributed by atoms with Crippen molar-refractivity contribution in [3.63, 3.8) is 0 Å². The molecule has 1 saturated heterocycles. The van der Waals surface area contributed by atoms with Crippen molar-refractivity contribution in [3.05, 3.63) is 17.5 Å². The molecule has 4 nitrogen and oxygen atoms in total. The number of nitrogens with zero attached hydrogens (tertiary/aromatic N) is 3. The van der Waals surface area contributed by atoms with Crippen LogP contribution >= 0.6 is 0 Å². The minimum atomic E-state index is 0.0833. The second-order valence-corrected chi connectivity index (χ2v) is 4.73. The first-order valence-corrected chi connectivity index (χ1v) is 5.93. The molecular formula is C12H19N3O. The van der Waals surface area contributed by atoms with Gasteiger partial charge in [-0.3, -0.25) is 9.48 Å². The molecule has 2 heterocycles. The van der Waals surface area contributed by atoms with Gasteiger partial charge >= 0.3 is 0 Å². The Balaban J connectivity index is 2.20. The van der Waals surface area contributed by atoms with Crippen LogP contribution in [0.3, 0.4) is 0 Å². The zero-order valence-electron chi connectivity index (χ0n) is 10.2. The molecule has 1 aromatic rings. The molecule has 0 saturated carbocycles. The average molecular weight is 221 g/mol. The summed E-state index contributed by atoms with van der Waals surface area (Å²) in [5, 5.41) is 4.30. The third-order valence-corrected chi connectivity index (χ3v) is 3.12. The van der Waals surface area contributed by atoms with E-state index in [4.69, 9.17) is 0 Å². The first-order valence-electron chi connectivity index (χ1n) is 5.93. The van der Waals surface area contributed by atoms with E-state index in [1.165, 1.54) is 0 Å². The molecule has 16 heavy (non-hydrogen) atoms. The third-order valence-electron chi connectivity index (χ3n) is 3.12. The number of likely N-dealkylation sites (tertiary alicyclic amines) is 1. The lowest BCUT2D eigenvalue weighted by Crippen LogP contribution is -2.28. The molecule has 1 fully saturated rings. The first-order chi connectivity index (χ1) is 7.59. The van der Waals surface area contributed by atoms with E-state index < -0.39 is 0 Å². The van der Waals surface area contributed by atoms with E-state index in [0.717, 1.165) is 31.6 Å². The number of carbonyl (C=O) groups excluding carboxylic acids is 1. The Morgan fingerprint density at radius 1 is 1.38 bits per heavy atom. The minimum Gasteiger partial charge on any atom is -0.337 e. The summed E-state index contributed by atoms with van der Waals surface area (Å²) in [4.78, 5) is 14.0. The van der Waals surface area contributed by atoms with E-state index in [1.807, 2.05) is 22.7 Å². The SMILES string of the molecule is CC(C)c1cc(C(=O)N2CCCC2)nn1C. The van der Waals surface area contributed by atoms with Gasteiger partial charge in [-0.1, -0.05) is 13.8 Å². The van der Waals surface area contributed by atoms with Gasteiger partial charge in [0, 0.05) is 25.8 Å². The van der Waals surface area contributed by atoms with Crippen LogP contribution < -0.4 is 0 Å². The number of hydrogen-bond acceptors (Lipinski definition) is 2. The Bertz CT molecular complexity index is 389. The maximum atomic E-state index is 12.1. The van der Waals surface area contributed by atoms with Crippen molar-refractivity contribution in [2.24, 2.45) is 7.05 Å². The lowest BCUT2D eigenvalue weighted by Gasteiger charge is -2.12. The highest BCUT2D eigenvalue weighted by atomic mass is 16.2. The van der Waals surface area contributed by atoms with E-state index in [-0.39, 0.29) is 5.91 Å². The van der Waals surface area contributed by atoms with Gasteiger partial charge in [0.05, 0.1) is 0 Å². The number of aryl methyl sites for hydroxylation is 1. The quantitative estimate of drug-likeness (QED) is 0.763. The maximum absolute atomic E-state index is 12.1. The van der Waals surface area contributed by atoms with Crippen molar-refractivity contribution in [1.29, 1.82) is 0 Å². The number of carbonyl (C=O) groups is 1. The van der Waals surface area contributed by atoms with Gasteiger partial charge in [0.15, 0.2) is 5.69 Å². The Morgan fingerprint density at radius 3 is 2.50 bits per heavy atom. The van der Waals surface area contributed by atoms with E-state index in [2.05, 4.69) is 18.9 Å². The zero-order chi connectivity index (χ0) is 11.7. The molecule has 0 atom stereocenters. The molecule has 88 valence electrons. The van der Waals surface area contributed by atoms with Crippen molar-refractivity contribution in [1.82, 2.24) is 14.7 Å². The Labute approximate surface area is 96.2 Å². The van der Waals surface area contributed by atoms with Crippen LogP contribution in [0.15, 0.2) is 6.07 Å². The normalized spacial score (nSPS) is 16.1. The van der Waals surface area contributed by atoms with E-state index in [1.54, 1.807) is 0 Å². The van der Waals surface area contributed by atoms with Gasteiger partial charge < -0.3 is 4.90 Å². The van der Waals surface area contributed by atoms with Crippen LogP contribution in [-0.4, -0.2) is 33.7 Å². The maximum Gasteiger partial charge on any atom is 0.274 e. The fourth-order valence-corrected chi connectivity index (χ4v) is 2.21. The second-order valence-electron chi connectivity index (χ2n) is 4.73. The summed E-state index contributed by atoms with van der Waals surface area (Å²) in [5.41, 5.74) is 1.70. The molecule has 0 spiro atoms. The molecule has 1 aliphatic rings. The summed E-state index contributed by atoms with van der Waals surface area (Å²) in [5.74, 6) is 0.484. The first kappa shape index (κ1) is 11.2. The fourth-order valence-electron chi connectivity index (χ4n) is 2.21. The molecule has 2 rings (SSSR count). The molecule has 0 aliphatic carbocycles. The minimum absolute atomic E-state index is 0.0833. The van der Waals surface area contributed by atoms with Gasteiger partial charge in [0.25, 0.3) is 5.91 Å². The summed E-state index contributed by atoms with van der Waals surface area (Å²) < 4.78 is 1.81. The average Bonchev–Trinajstić information content (AvgIpc) is 2.84. The van der Waals surface area contributed by atoms with Crippen molar-refractivity contribution in [2.75, 3.05) is 13.1 Å². The van der Waals surface area contributed by atoms with Crippen LogP contribution in [0.5, 0.6) is 0 Å². The summed E-state index contributed by atoms with van der Waals surface area (Å²) in [6, 6.07) is 1.92. The van der Waals surface area contributed by atoms with Gasteiger partial charge in [0.2, 0.25) is 0 Å². The van der Waals surface area contributed by atoms with Gasteiger partial charge in [-0.05, 0) is 24.8 Å². The van der Waals surface area contributed by atoms with Crippen molar-refractivity contribution in [2.45, 2.75) is 32.6 Å². The predicted octanol–water partition coefficient (Wildman–Crippen LogP) is 1.78. The molecule has 0 aromatic carbocycles. The molecular weight excluding hydrogens is 202 g/mol. The highest BCUT2D eigenvalue weighted by Gasteiger charge is 2.22. The number of hydrogen-bond donors (Lipinski definition) is 0. The Hall–Kier alpha value is -1.32. The van der Waals surface area contributed by atoms with E-state index in [0.29, 0.717) is 11.6 Å². The number of amides is 1. The predicted molar refractivity (Wildman–Crippen MR) is 62.4 cm³/mol. The second kappa shape index (κ2) is 4.28. The third kappa shape index (κ3) is 1.96. The summed E-state index contributed by atoms with van der Waals surface area (Å²) >= 11 is 0. The fraction of sp³-hybridized carbons (Fsp3) is 0.667. The molecule has 1 amide bonds. The van der Waals surface area contributed by atoms with Crippen LogP contribution in [0.1, 0.15) is 48.8 Å². The van der Waals surface area contributed by atoms with Gasteiger partial charge in [-0.15, -0.1) is 0 Å². The molecule has 1 aromatic heterocycles. The summed E-state index contributed by atoms with van der Waals surface area (Å²) in [6.07, 6.45) is 2.24. The molecule has 1 aliphatic heterocycles. The molecule has 0 unspecified atom stereocenters. The highest BCUT2D eigenvalue weighted by molar-refractivity contribution is 5.92. The van der Waals surface area contributed by atoms with Crippen LogP contribution in [0, 0.1) is 0 Å². The summed E-state index contributed by atoms with van der Waals surface area (Å²) in [7, 11) is 1.90. The van der Waals surface area contributed by atoms with Crippen LogP contribution in [0.2, 0.25) is 0 Å². The van der Waals surface area contributed by atoms with Gasteiger partial charge in [-0.2, -0.15) is 5.10 Å². The largest absolute Gasteiger partial charge is 0.337 e. The van der Waals surface area contributed by atoms with Crippen LogP contribution in [0.4, 0.5) is 0 Å². The Morgan fingerprint density at radius 2 is 2.00 bits per heavy atom. The monoisotopic (exact) mass is 221 g/mol. The van der Waals surface area contributed by atoms with Crippen molar-refractivity contribution < 1.29 is 4.79 Å². The number of aromatic nitrogens is 2. The lowest BCUT2D eigenvalue weighted by atomic mass is 10.1. The van der Waals surface area contributed by atoms with Crippen LogP contribution in [-0.2, 0) is 7.05 Å². The van der Waals surface area contributed by atoms with Gasteiger partial charge in [-0.25, -0.2) is 0 Å². The topological polar surface area (TPSA) is 38.1 Å². The standard InChI is InChI=1S/C12H19N3O/c1-9(2)11-8-10(13-14(11)3)12(16)15-6-4-5-7-15/h8-9H,4-7H2,1-3H3. The van der Waals surface area contributed by atoms with E-state index in [9.17, 15) is 4.79 Å². The number of rotatable bonds is 2. The molecule has 0 radical (unpaired) electrons.